The van der Waals surface area contributed by atoms with Gasteiger partial charge < -0.3 is 0 Å². The van der Waals surface area contributed by atoms with Gasteiger partial charge in [0.05, 0.1) is 0 Å². The quantitative estimate of drug-likeness (QED) is 0.230. The van der Waals surface area contributed by atoms with Gasteiger partial charge in [-0.1, -0.05) is 0 Å². The van der Waals surface area contributed by atoms with Gasteiger partial charge in [0.15, 0.2) is 0 Å². The van der Waals surface area contributed by atoms with E-state index in [9.17, 15) is 0 Å². The first kappa shape index (κ1) is 32.2. The molecular weight excluding hydrogens is 694 g/mol. The average molecular weight is 694 g/mol. The van der Waals surface area contributed by atoms with Gasteiger partial charge in [-0.2, -0.15) is 0 Å². The van der Waals surface area contributed by atoms with E-state index in [1.165, 1.54) is 0 Å². The van der Waals surface area contributed by atoms with Gasteiger partial charge in [-0.05, 0) is 0 Å². The van der Waals surface area contributed by atoms with Crippen molar-refractivity contribution >= 4 is 0 Å². The minimum Gasteiger partial charge on any atom is 3.00 e. The molecule has 17 heteroatoms. The molecule has 0 saturated heterocycles. The second kappa shape index (κ2) is 14.1. The Morgan fingerprint density at radius 3 is 0.412 bits per heavy atom. The Bertz CT molecular complexity index is 341. The summed E-state index contributed by atoms with van der Waals surface area (Å²) < 4.78 is 103. The van der Waals surface area contributed by atoms with Crippen LogP contribution in [0.4, 0.5) is 0 Å². The summed E-state index contributed by atoms with van der Waals surface area (Å²) in [5, 5.41) is 0. The molecule has 0 amide bonds. The Balaban J connectivity index is -0.0000000400. The maximum Gasteiger partial charge on any atom is 3.00 e. The van der Waals surface area contributed by atoms with Crippen molar-refractivity contribution < 1.29 is 182 Å². The topological polar surface area (TPSA) is 241 Å². The number of hydrogen-bond donors (Lipinski definition) is 0. The Morgan fingerprint density at radius 2 is 0.412 bits per heavy atom. The third kappa shape index (κ3) is 556. The van der Waals surface area contributed by atoms with Crippen molar-refractivity contribution in [3.8, 4) is 0 Å². The fourth-order valence-corrected chi connectivity index (χ4v) is 0. The molecule has 0 aromatic rings. The van der Waals surface area contributed by atoms with Crippen molar-refractivity contribution in [2.24, 2.45) is 0 Å². The smallest absolute Gasteiger partial charge is 3.00 e. The van der Waals surface area contributed by atoms with E-state index < -0.39 is 40.8 Å². The van der Waals surface area contributed by atoms with Crippen LogP contribution in [-0.2, 0) is 63.7 Å². The fraction of sp³-hybridized carbons (Fsp3) is 0. The first-order valence-corrected chi connectivity index (χ1v) is 8.25. The molecule has 0 unspecified atom stereocenters. The van der Waals surface area contributed by atoms with E-state index in [4.69, 9.17) is 47.8 Å². The Kier molecular flexibility index (Phi) is 26.8. The van der Waals surface area contributed by atoms with Gasteiger partial charge in [0.25, 0.3) is 0 Å². The van der Waals surface area contributed by atoms with Crippen molar-refractivity contribution in [1.82, 2.24) is 0 Å². The molecule has 0 aliphatic rings. The molecule has 0 aliphatic heterocycles. The van der Waals surface area contributed by atoms with Gasteiger partial charge in [0, 0.05) is 0 Å². The standard InChI is InChI=1S/3Cr.12O.2Yb/q;;;;;;;;;6*-1;2*+3. The molecule has 12 nitrogen and oxygen atoms in total. The molecule has 0 aliphatic carbocycles. The zero-order valence-corrected chi connectivity index (χ0v) is 13.9. The predicted molar refractivity (Wildman–Crippen MR) is 4.12 cm³/mol. The van der Waals surface area contributed by atoms with Crippen molar-refractivity contribution in [3.05, 3.63) is 0 Å². The van der Waals surface area contributed by atoms with Crippen LogP contribution in [0.25, 0.3) is 0 Å². The van der Waals surface area contributed by atoms with Crippen LogP contribution in [-0.4, -0.2) is 0 Å². The van der Waals surface area contributed by atoms with E-state index in [0.717, 1.165) is 0 Å². The molecule has 17 heavy (non-hydrogen) atoms. The summed E-state index contributed by atoms with van der Waals surface area (Å²) in [6, 6.07) is 0. The molecular formula is Cr3O12Yb2. The molecule has 0 aromatic heterocycles. The van der Waals surface area contributed by atoms with Crippen LogP contribution in [0.15, 0.2) is 0 Å². The Labute approximate surface area is 178 Å². The molecule has 0 saturated carbocycles. The van der Waals surface area contributed by atoms with Gasteiger partial charge in [0.2, 0.25) is 0 Å². The van der Waals surface area contributed by atoms with Crippen molar-refractivity contribution in [1.29, 1.82) is 0 Å². The van der Waals surface area contributed by atoms with E-state index in [2.05, 4.69) is 0 Å². The van der Waals surface area contributed by atoms with Crippen LogP contribution in [0.3, 0.4) is 0 Å². The van der Waals surface area contributed by atoms with Crippen LogP contribution in [0, 0.1) is 93.8 Å². The summed E-state index contributed by atoms with van der Waals surface area (Å²) in [6.07, 6.45) is 0. The molecule has 0 bridgehead atoms. The second-order valence-electron chi connectivity index (χ2n) is 1.22. The minimum absolute atomic E-state index is 0. The largest absolute Gasteiger partial charge is 3.00 e. The van der Waals surface area contributed by atoms with E-state index in [1.54, 1.807) is 0 Å². The van der Waals surface area contributed by atoms with E-state index in [1.807, 2.05) is 0 Å². The van der Waals surface area contributed by atoms with E-state index >= 15 is 0 Å². The van der Waals surface area contributed by atoms with E-state index in [0.29, 0.717) is 0 Å². The monoisotopic (exact) mass is 696 g/mol. The zero-order valence-electron chi connectivity index (χ0n) is 6.66. The number of rotatable bonds is 0. The summed E-state index contributed by atoms with van der Waals surface area (Å²) in [5.74, 6) is 0. The molecule has 0 rings (SSSR count). The van der Waals surface area contributed by atoms with Gasteiger partial charge in [-0.3, -0.25) is 0 Å². The first-order chi connectivity index (χ1) is 6.00. The average Bonchev–Trinajstić information content (AvgIpc) is 1.41. The minimum atomic E-state index is -5.75. The molecule has 0 spiro atoms. The third-order valence-corrected chi connectivity index (χ3v) is 0. The molecule has 0 heterocycles. The molecule has 0 aromatic carbocycles. The molecule has 118 valence electrons. The first-order valence-electron chi connectivity index (χ1n) is 2.00. The van der Waals surface area contributed by atoms with Gasteiger partial charge in [-0.15, -0.1) is 0 Å². The van der Waals surface area contributed by atoms with Gasteiger partial charge in [-0.25, -0.2) is 0 Å². The third-order valence-electron chi connectivity index (χ3n) is 0. The Morgan fingerprint density at radius 1 is 0.412 bits per heavy atom. The van der Waals surface area contributed by atoms with Gasteiger partial charge in [0.1, 0.15) is 0 Å². The molecule has 2 radical (unpaired) electrons. The van der Waals surface area contributed by atoms with E-state index in [-0.39, 0.29) is 93.8 Å². The maximum atomic E-state index is 8.59. The molecule has 0 N–H and O–H groups in total. The van der Waals surface area contributed by atoms with Crippen LogP contribution < -0.4 is 24.9 Å². The maximum absolute atomic E-state index is 8.59. The summed E-state index contributed by atoms with van der Waals surface area (Å²) >= 11 is -17.2. The van der Waals surface area contributed by atoms with Gasteiger partial charge >= 0.3 is 182 Å². The zero-order chi connectivity index (χ0) is 13.5. The summed E-state index contributed by atoms with van der Waals surface area (Å²) in [4.78, 5) is 0. The van der Waals surface area contributed by atoms with Crippen LogP contribution in [0.2, 0.25) is 0 Å². The molecule has 0 fully saturated rings. The van der Waals surface area contributed by atoms with Crippen molar-refractivity contribution in [2.45, 2.75) is 0 Å². The Hall–Kier alpha value is 3.20. The normalized spacial score (nSPS) is 10.2. The van der Waals surface area contributed by atoms with Crippen molar-refractivity contribution in [2.75, 3.05) is 0 Å². The summed E-state index contributed by atoms with van der Waals surface area (Å²) in [7, 11) is 0. The fourth-order valence-electron chi connectivity index (χ4n) is 0. The van der Waals surface area contributed by atoms with Crippen LogP contribution in [0.5, 0.6) is 0 Å². The molecule has 0 atom stereocenters. The van der Waals surface area contributed by atoms with Crippen molar-refractivity contribution in [3.63, 3.8) is 0 Å². The summed E-state index contributed by atoms with van der Waals surface area (Å²) in [6.45, 7) is 0. The predicted octanol–water partition coefficient (Wildman–Crippen LogP) is -7.85. The second-order valence-corrected chi connectivity index (χ2v) is 5.05. The summed E-state index contributed by atoms with van der Waals surface area (Å²) in [5.41, 5.74) is 0. The number of hydrogen-bond acceptors (Lipinski definition) is 12. The van der Waals surface area contributed by atoms with Crippen LogP contribution in [0.1, 0.15) is 0 Å². The van der Waals surface area contributed by atoms with Crippen LogP contribution >= 0.6 is 0 Å². The SMILES string of the molecule is [O]=[Cr](=[O])([O-])[O-].[O]=[Cr](=[O])([O-])[O-].[O]=[Cr](=[O])([O-])[O-].[Yb+3].[Yb+3].